The lowest BCUT2D eigenvalue weighted by Crippen LogP contribution is -2.20. The summed E-state index contributed by atoms with van der Waals surface area (Å²) in [6.07, 6.45) is 6.97. The van der Waals surface area contributed by atoms with E-state index in [2.05, 4.69) is 19.1 Å². The van der Waals surface area contributed by atoms with Crippen molar-refractivity contribution in [3.8, 4) is 0 Å². The van der Waals surface area contributed by atoms with Crippen LogP contribution in [0.5, 0.6) is 0 Å². The molecule has 0 aliphatic heterocycles. The highest BCUT2D eigenvalue weighted by Crippen LogP contribution is 2.28. The van der Waals surface area contributed by atoms with Crippen LogP contribution in [0, 0.1) is 11.8 Å². The molecule has 1 heteroatoms. The summed E-state index contributed by atoms with van der Waals surface area (Å²) >= 11 is 0. The van der Waals surface area contributed by atoms with Crippen molar-refractivity contribution in [2.24, 2.45) is 11.8 Å². The first-order chi connectivity index (χ1) is 5.24. The summed E-state index contributed by atoms with van der Waals surface area (Å²) in [5.74, 6) is 1.66. The van der Waals surface area contributed by atoms with Gasteiger partial charge in [-0.2, -0.15) is 0 Å². The van der Waals surface area contributed by atoms with Crippen LogP contribution >= 0.6 is 0 Å². The first kappa shape index (κ1) is 8.51. The number of ketones is 1. The van der Waals surface area contributed by atoms with E-state index in [9.17, 15) is 4.79 Å². The Morgan fingerprint density at radius 2 is 2.27 bits per heavy atom. The molecule has 0 amide bonds. The third-order valence-electron chi connectivity index (χ3n) is 2.48. The van der Waals surface area contributed by atoms with Crippen molar-refractivity contribution in [1.29, 1.82) is 0 Å². The zero-order valence-corrected chi connectivity index (χ0v) is 7.34. The van der Waals surface area contributed by atoms with Gasteiger partial charge in [-0.1, -0.05) is 19.1 Å². The Bertz CT molecular complexity index is 170. The maximum atomic E-state index is 11.0. The van der Waals surface area contributed by atoms with Gasteiger partial charge >= 0.3 is 0 Å². The Labute approximate surface area is 68.5 Å². The van der Waals surface area contributed by atoms with Gasteiger partial charge in [-0.25, -0.2) is 0 Å². The van der Waals surface area contributed by atoms with Crippen molar-refractivity contribution in [3.05, 3.63) is 12.2 Å². The third kappa shape index (κ3) is 2.18. The van der Waals surface area contributed by atoms with Gasteiger partial charge < -0.3 is 0 Å². The van der Waals surface area contributed by atoms with Gasteiger partial charge in [0.2, 0.25) is 0 Å². The van der Waals surface area contributed by atoms with Crippen LogP contribution in [0.2, 0.25) is 0 Å². The van der Waals surface area contributed by atoms with Crippen LogP contribution in [0.3, 0.4) is 0 Å². The topological polar surface area (TPSA) is 17.1 Å². The molecule has 0 aromatic rings. The minimum absolute atomic E-state index is 0.443. The summed E-state index contributed by atoms with van der Waals surface area (Å²) in [7, 11) is 0. The summed E-state index contributed by atoms with van der Waals surface area (Å²) < 4.78 is 0. The van der Waals surface area contributed by atoms with Gasteiger partial charge in [-0.15, -0.1) is 0 Å². The lowest BCUT2D eigenvalue weighted by Gasteiger charge is -2.24. The molecule has 0 N–H and O–H groups in total. The quantitative estimate of drug-likeness (QED) is 0.528. The van der Waals surface area contributed by atoms with Crippen LogP contribution in [0.1, 0.15) is 33.1 Å². The Hall–Kier alpha value is -0.590. The Balaban J connectivity index is 2.50. The van der Waals surface area contributed by atoms with Crippen LogP contribution in [0.15, 0.2) is 12.2 Å². The van der Waals surface area contributed by atoms with Crippen molar-refractivity contribution in [2.75, 3.05) is 0 Å². The van der Waals surface area contributed by atoms with E-state index in [1.54, 1.807) is 0 Å². The van der Waals surface area contributed by atoms with Crippen molar-refractivity contribution in [1.82, 2.24) is 0 Å². The first-order valence-electron chi connectivity index (χ1n) is 4.38. The maximum absolute atomic E-state index is 11.0. The van der Waals surface area contributed by atoms with Gasteiger partial charge in [0, 0.05) is 12.8 Å². The first-order valence-corrected chi connectivity index (χ1v) is 4.38. The number of carbonyl (C=O) groups excluding carboxylic acids is 1. The number of carbonyl (C=O) groups is 1. The fourth-order valence-corrected chi connectivity index (χ4v) is 1.76. The number of allylic oxidation sites excluding steroid dienone is 2. The van der Waals surface area contributed by atoms with Crippen molar-refractivity contribution in [2.45, 2.75) is 33.1 Å². The van der Waals surface area contributed by atoms with Crippen molar-refractivity contribution < 1.29 is 4.79 Å². The predicted molar refractivity (Wildman–Crippen MR) is 46.3 cm³/mol. The van der Waals surface area contributed by atoms with E-state index in [0.717, 1.165) is 19.3 Å². The Morgan fingerprint density at radius 1 is 1.55 bits per heavy atom. The monoisotopic (exact) mass is 152 g/mol. The highest BCUT2D eigenvalue weighted by atomic mass is 16.1. The van der Waals surface area contributed by atoms with E-state index in [4.69, 9.17) is 0 Å². The third-order valence-corrected chi connectivity index (χ3v) is 2.48. The molecule has 0 radical (unpaired) electrons. The highest BCUT2D eigenvalue weighted by molar-refractivity contribution is 5.79. The molecule has 62 valence electrons. The fourth-order valence-electron chi connectivity index (χ4n) is 1.76. The van der Waals surface area contributed by atoms with Gasteiger partial charge in [0.15, 0.2) is 0 Å². The molecule has 1 saturated carbocycles. The normalized spacial score (nSPS) is 33.1. The summed E-state index contributed by atoms with van der Waals surface area (Å²) in [6, 6.07) is 0. The smallest absolute Gasteiger partial charge is 0.133 e. The molecule has 0 saturated heterocycles. The SMILES string of the molecule is CC=CC1CCC(=O)CC1C. The summed E-state index contributed by atoms with van der Waals surface area (Å²) in [5, 5.41) is 0. The van der Waals surface area contributed by atoms with Gasteiger partial charge in [0.25, 0.3) is 0 Å². The second kappa shape index (κ2) is 3.70. The molecule has 0 spiro atoms. The maximum Gasteiger partial charge on any atom is 0.133 e. The van der Waals surface area contributed by atoms with Crippen molar-refractivity contribution in [3.63, 3.8) is 0 Å². The number of Topliss-reactive ketones (excluding diaryl/α,β-unsaturated/α-hetero) is 1. The lowest BCUT2D eigenvalue weighted by atomic mass is 9.80. The number of rotatable bonds is 1. The van der Waals surface area contributed by atoms with Crippen LogP contribution in [0.4, 0.5) is 0 Å². The van der Waals surface area contributed by atoms with Gasteiger partial charge in [0.1, 0.15) is 5.78 Å². The van der Waals surface area contributed by atoms with E-state index in [-0.39, 0.29) is 0 Å². The number of hydrogen-bond acceptors (Lipinski definition) is 1. The van der Waals surface area contributed by atoms with E-state index >= 15 is 0 Å². The molecule has 1 rings (SSSR count). The molecule has 2 atom stereocenters. The second-order valence-corrected chi connectivity index (χ2v) is 3.45. The standard InChI is InChI=1S/C10H16O/c1-3-4-9-5-6-10(11)7-8(9)2/h3-4,8-9H,5-7H2,1-2H3. The van der Waals surface area contributed by atoms with Crippen LogP contribution < -0.4 is 0 Å². The minimum atomic E-state index is 0.443. The molecule has 0 bridgehead atoms. The van der Waals surface area contributed by atoms with Crippen LogP contribution in [0.25, 0.3) is 0 Å². The largest absolute Gasteiger partial charge is 0.300 e. The molecular formula is C10H16O. The average molecular weight is 152 g/mol. The van der Waals surface area contributed by atoms with Crippen molar-refractivity contribution >= 4 is 5.78 Å². The van der Waals surface area contributed by atoms with Gasteiger partial charge in [-0.3, -0.25) is 4.79 Å². The fraction of sp³-hybridized carbons (Fsp3) is 0.700. The Kier molecular flexibility index (Phi) is 2.86. The molecule has 1 nitrogen and oxygen atoms in total. The average Bonchev–Trinajstić information content (AvgIpc) is 1.95. The highest BCUT2D eigenvalue weighted by Gasteiger charge is 2.23. The minimum Gasteiger partial charge on any atom is -0.300 e. The van der Waals surface area contributed by atoms with Gasteiger partial charge in [-0.05, 0) is 25.2 Å². The molecule has 1 aliphatic carbocycles. The molecular weight excluding hydrogens is 136 g/mol. The number of hydrogen-bond donors (Lipinski definition) is 0. The molecule has 0 aromatic carbocycles. The van der Waals surface area contributed by atoms with Crippen LogP contribution in [-0.4, -0.2) is 5.78 Å². The molecule has 1 aliphatic rings. The molecule has 1 fully saturated rings. The van der Waals surface area contributed by atoms with Crippen LogP contribution in [-0.2, 0) is 4.79 Å². The summed E-state index contributed by atoms with van der Waals surface area (Å²) in [5.41, 5.74) is 0. The molecule has 0 aromatic heterocycles. The lowest BCUT2D eigenvalue weighted by molar-refractivity contribution is -0.122. The summed E-state index contributed by atoms with van der Waals surface area (Å²) in [4.78, 5) is 11.0. The van der Waals surface area contributed by atoms with E-state index in [1.165, 1.54) is 0 Å². The van der Waals surface area contributed by atoms with E-state index in [1.807, 2.05) is 6.92 Å². The molecule has 11 heavy (non-hydrogen) atoms. The molecule has 0 heterocycles. The summed E-state index contributed by atoms with van der Waals surface area (Å²) in [6.45, 7) is 4.21. The Morgan fingerprint density at radius 3 is 2.82 bits per heavy atom. The molecule has 2 unspecified atom stereocenters. The van der Waals surface area contributed by atoms with Gasteiger partial charge in [0.05, 0.1) is 0 Å². The second-order valence-electron chi connectivity index (χ2n) is 3.45. The van der Waals surface area contributed by atoms with E-state index in [0.29, 0.717) is 17.6 Å². The predicted octanol–water partition coefficient (Wildman–Crippen LogP) is 2.57. The zero-order valence-electron chi connectivity index (χ0n) is 7.34. The van der Waals surface area contributed by atoms with E-state index < -0.39 is 0 Å². The zero-order chi connectivity index (χ0) is 8.27.